The van der Waals surface area contributed by atoms with Crippen LogP contribution >= 0.6 is 0 Å². The molecule has 0 aliphatic carbocycles. The first-order valence-corrected chi connectivity index (χ1v) is 7.43. The lowest BCUT2D eigenvalue weighted by molar-refractivity contribution is -0.132. The van der Waals surface area contributed by atoms with Crippen molar-refractivity contribution in [2.45, 2.75) is 33.4 Å². The van der Waals surface area contributed by atoms with E-state index in [0.717, 1.165) is 16.9 Å². The quantitative estimate of drug-likeness (QED) is 0.854. The van der Waals surface area contributed by atoms with Gasteiger partial charge >= 0.3 is 0 Å². The van der Waals surface area contributed by atoms with Gasteiger partial charge in [0.1, 0.15) is 6.10 Å². The van der Waals surface area contributed by atoms with Crippen LogP contribution in [0.5, 0.6) is 0 Å². The molecule has 1 N–H and O–H groups in total. The van der Waals surface area contributed by atoms with Gasteiger partial charge in [-0.25, -0.2) is 4.98 Å². The van der Waals surface area contributed by atoms with Crippen LogP contribution in [0.2, 0.25) is 0 Å². The number of hydrogen-bond acceptors (Lipinski definition) is 4. The molecule has 1 aromatic carbocycles. The molecule has 2 rings (SSSR count). The Kier molecular flexibility index (Phi) is 5.72. The van der Waals surface area contributed by atoms with E-state index in [1.54, 1.807) is 13.1 Å². The molecule has 1 heterocycles. The van der Waals surface area contributed by atoms with Crippen LogP contribution in [0.1, 0.15) is 26.3 Å². The number of carbonyl (C=O) groups excluding carboxylic acids is 1. The van der Waals surface area contributed by atoms with Gasteiger partial charge in [-0.3, -0.25) is 4.79 Å². The number of benzene rings is 1. The normalized spacial score (nSPS) is 12.4. The third-order valence-electron chi connectivity index (χ3n) is 3.19. The second kappa shape index (κ2) is 7.75. The number of amides is 1. The number of ether oxygens (including phenoxy) is 1. The van der Waals surface area contributed by atoms with Gasteiger partial charge in [-0.1, -0.05) is 38.1 Å². The summed E-state index contributed by atoms with van der Waals surface area (Å²) < 4.78 is 10.7. The van der Waals surface area contributed by atoms with E-state index in [2.05, 4.69) is 24.1 Å². The molecule has 0 spiro atoms. The number of hydrogen-bond donors (Lipinski definition) is 1. The van der Waals surface area contributed by atoms with Crippen molar-refractivity contribution < 1.29 is 13.9 Å². The molecule has 0 radical (unpaired) electrons. The number of rotatable bonds is 7. The van der Waals surface area contributed by atoms with E-state index in [0.29, 0.717) is 19.1 Å². The maximum Gasteiger partial charge on any atom is 0.249 e. The summed E-state index contributed by atoms with van der Waals surface area (Å²) in [6, 6.07) is 7.80. The summed E-state index contributed by atoms with van der Waals surface area (Å²) in [6.45, 7) is 6.94. The topological polar surface area (TPSA) is 64.4 Å². The minimum absolute atomic E-state index is 0.0973. The fraction of sp³-hybridized carbons (Fsp3) is 0.412. The first kappa shape index (κ1) is 16.2. The molecular formula is C17H22N2O3. The average molecular weight is 302 g/mol. The molecule has 0 bridgehead atoms. The Balaban J connectivity index is 1.82. The van der Waals surface area contributed by atoms with Gasteiger partial charge in [-0.2, -0.15) is 0 Å². The molecule has 1 amide bonds. The molecule has 0 fully saturated rings. The zero-order valence-electron chi connectivity index (χ0n) is 13.2. The van der Waals surface area contributed by atoms with E-state index >= 15 is 0 Å². The van der Waals surface area contributed by atoms with Crippen LogP contribution in [0, 0.1) is 5.92 Å². The zero-order valence-corrected chi connectivity index (χ0v) is 13.2. The van der Waals surface area contributed by atoms with Crippen molar-refractivity contribution in [1.82, 2.24) is 10.3 Å². The van der Waals surface area contributed by atoms with Gasteiger partial charge in [0, 0.05) is 18.7 Å². The summed E-state index contributed by atoms with van der Waals surface area (Å²) in [6.07, 6.45) is 2.64. The standard InChI is InChI=1S/C17H22N2O3/c1-12(2)10-21-13(3)17(20)19-8-14-4-6-15(7-5-14)16-9-18-11-22-16/h4-7,9,11-13H,8,10H2,1-3H3,(H,19,20). The predicted molar refractivity (Wildman–Crippen MR) is 84.0 cm³/mol. The largest absolute Gasteiger partial charge is 0.444 e. The monoisotopic (exact) mass is 302 g/mol. The molecular weight excluding hydrogens is 280 g/mol. The minimum atomic E-state index is -0.434. The summed E-state index contributed by atoms with van der Waals surface area (Å²) in [5.41, 5.74) is 1.98. The highest BCUT2D eigenvalue weighted by Crippen LogP contribution is 2.18. The smallest absolute Gasteiger partial charge is 0.249 e. The van der Waals surface area contributed by atoms with E-state index < -0.39 is 6.10 Å². The van der Waals surface area contributed by atoms with Crippen molar-refractivity contribution in [3.05, 3.63) is 42.4 Å². The van der Waals surface area contributed by atoms with Crippen LogP contribution in [-0.2, 0) is 16.1 Å². The Bertz CT molecular complexity index is 576. The van der Waals surface area contributed by atoms with Crippen LogP contribution in [0.4, 0.5) is 0 Å². The van der Waals surface area contributed by atoms with E-state index in [1.165, 1.54) is 6.39 Å². The zero-order chi connectivity index (χ0) is 15.9. The lowest BCUT2D eigenvalue weighted by Gasteiger charge is -2.14. The number of nitrogens with zero attached hydrogens (tertiary/aromatic N) is 1. The molecule has 5 nitrogen and oxygen atoms in total. The second-order valence-corrected chi connectivity index (χ2v) is 5.65. The molecule has 0 saturated heterocycles. The van der Waals surface area contributed by atoms with Crippen LogP contribution in [0.25, 0.3) is 11.3 Å². The maximum absolute atomic E-state index is 11.9. The van der Waals surface area contributed by atoms with E-state index in [-0.39, 0.29) is 5.91 Å². The Labute approximate surface area is 130 Å². The van der Waals surface area contributed by atoms with Gasteiger partial charge in [0.15, 0.2) is 12.2 Å². The number of aromatic nitrogens is 1. The number of nitrogens with one attached hydrogen (secondary N) is 1. The molecule has 1 atom stereocenters. The van der Waals surface area contributed by atoms with Crippen LogP contribution < -0.4 is 5.32 Å². The molecule has 0 aliphatic rings. The lowest BCUT2D eigenvalue weighted by Crippen LogP contribution is -2.34. The van der Waals surface area contributed by atoms with Crippen molar-refractivity contribution in [2.24, 2.45) is 5.92 Å². The predicted octanol–water partition coefficient (Wildman–Crippen LogP) is 3.02. The summed E-state index contributed by atoms with van der Waals surface area (Å²) in [7, 11) is 0. The highest BCUT2D eigenvalue weighted by Gasteiger charge is 2.13. The van der Waals surface area contributed by atoms with Crippen molar-refractivity contribution in [2.75, 3.05) is 6.61 Å². The Morgan fingerprint density at radius 3 is 2.59 bits per heavy atom. The Morgan fingerprint density at radius 1 is 1.27 bits per heavy atom. The first-order chi connectivity index (χ1) is 10.6. The first-order valence-electron chi connectivity index (χ1n) is 7.43. The van der Waals surface area contributed by atoms with Crippen molar-refractivity contribution in [3.8, 4) is 11.3 Å². The van der Waals surface area contributed by atoms with Crippen LogP contribution in [0.3, 0.4) is 0 Å². The molecule has 0 saturated carbocycles. The number of carbonyl (C=O) groups is 1. The molecule has 22 heavy (non-hydrogen) atoms. The van der Waals surface area contributed by atoms with Crippen molar-refractivity contribution >= 4 is 5.91 Å². The van der Waals surface area contributed by atoms with E-state index in [1.807, 2.05) is 24.3 Å². The fourth-order valence-electron chi connectivity index (χ4n) is 1.89. The summed E-state index contributed by atoms with van der Waals surface area (Å²) in [5, 5.41) is 2.88. The SMILES string of the molecule is CC(C)COC(C)C(=O)NCc1ccc(-c2cnco2)cc1. The highest BCUT2D eigenvalue weighted by molar-refractivity contribution is 5.80. The Hall–Kier alpha value is -2.14. The van der Waals surface area contributed by atoms with Gasteiger partial charge in [0.25, 0.3) is 0 Å². The second-order valence-electron chi connectivity index (χ2n) is 5.65. The summed E-state index contributed by atoms with van der Waals surface area (Å²) >= 11 is 0. The van der Waals surface area contributed by atoms with Gasteiger partial charge in [-0.05, 0) is 18.4 Å². The maximum atomic E-state index is 11.9. The van der Waals surface area contributed by atoms with Crippen molar-refractivity contribution in [1.29, 1.82) is 0 Å². The van der Waals surface area contributed by atoms with Crippen molar-refractivity contribution in [3.63, 3.8) is 0 Å². The van der Waals surface area contributed by atoms with Gasteiger partial charge in [0.2, 0.25) is 5.91 Å². The average Bonchev–Trinajstić information content (AvgIpc) is 3.05. The number of oxazole rings is 1. The van der Waals surface area contributed by atoms with E-state index in [4.69, 9.17) is 9.15 Å². The lowest BCUT2D eigenvalue weighted by atomic mass is 10.1. The fourth-order valence-corrected chi connectivity index (χ4v) is 1.89. The molecule has 0 aliphatic heterocycles. The summed E-state index contributed by atoms with van der Waals surface area (Å²) in [4.78, 5) is 15.8. The van der Waals surface area contributed by atoms with Crippen LogP contribution in [0.15, 0.2) is 41.3 Å². The van der Waals surface area contributed by atoms with Gasteiger partial charge < -0.3 is 14.5 Å². The third-order valence-corrected chi connectivity index (χ3v) is 3.19. The molecule has 5 heteroatoms. The third kappa shape index (κ3) is 4.70. The Morgan fingerprint density at radius 2 is 2.00 bits per heavy atom. The van der Waals surface area contributed by atoms with Gasteiger partial charge in [0.05, 0.1) is 6.20 Å². The highest BCUT2D eigenvalue weighted by atomic mass is 16.5. The molecule has 2 aromatic rings. The van der Waals surface area contributed by atoms with Gasteiger partial charge in [-0.15, -0.1) is 0 Å². The minimum Gasteiger partial charge on any atom is -0.444 e. The van der Waals surface area contributed by atoms with E-state index in [9.17, 15) is 4.79 Å². The molecule has 118 valence electrons. The van der Waals surface area contributed by atoms with Crippen LogP contribution in [-0.4, -0.2) is 23.6 Å². The molecule has 1 aromatic heterocycles. The summed E-state index contributed by atoms with van der Waals surface area (Å²) in [5.74, 6) is 1.05. The molecule has 1 unspecified atom stereocenters.